The van der Waals surface area contributed by atoms with Gasteiger partial charge >= 0.3 is 0 Å². The van der Waals surface area contributed by atoms with Gasteiger partial charge in [0.1, 0.15) is 5.75 Å². The molecule has 96 valence electrons. The number of hydrogen-bond acceptors (Lipinski definition) is 5. The molecule has 1 N–H and O–H groups in total. The van der Waals surface area contributed by atoms with Gasteiger partial charge in [0, 0.05) is 12.2 Å². The van der Waals surface area contributed by atoms with Crippen molar-refractivity contribution in [1.82, 2.24) is 4.98 Å². The summed E-state index contributed by atoms with van der Waals surface area (Å²) in [6.45, 7) is 0. The van der Waals surface area contributed by atoms with Crippen LogP contribution in [-0.2, 0) is 4.79 Å². The fourth-order valence-corrected chi connectivity index (χ4v) is 2.76. The van der Waals surface area contributed by atoms with Crippen LogP contribution >= 0.6 is 23.1 Å². The second-order valence-electron chi connectivity index (χ2n) is 3.64. The zero-order valence-electron chi connectivity index (χ0n) is 10.2. The van der Waals surface area contributed by atoms with Crippen molar-refractivity contribution in [2.45, 2.75) is 6.42 Å². The lowest BCUT2D eigenvalue weighted by Crippen LogP contribution is -2.11. The van der Waals surface area contributed by atoms with Crippen LogP contribution in [0.5, 0.6) is 5.75 Å². The van der Waals surface area contributed by atoms with Crippen LogP contribution < -0.4 is 10.1 Å². The molecule has 2 rings (SSSR count). The van der Waals surface area contributed by atoms with Crippen molar-refractivity contribution in [2.24, 2.45) is 0 Å². The number of ether oxygens (including phenoxy) is 1. The van der Waals surface area contributed by atoms with Gasteiger partial charge in [-0.3, -0.25) is 4.79 Å². The predicted octanol–water partition coefficient (Wildman–Crippen LogP) is 3.00. The molecule has 1 aromatic carbocycles. The number of nitrogens with one attached hydrogen (secondary N) is 1. The van der Waals surface area contributed by atoms with E-state index in [2.05, 4.69) is 10.3 Å². The lowest BCUT2D eigenvalue weighted by atomic mass is 10.3. The Morgan fingerprint density at radius 3 is 3.11 bits per heavy atom. The maximum atomic E-state index is 11.6. The highest BCUT2D eigenvalue weighted by Gasteiger charge is 2.08. The number of methoxy groups -OCH3 is 1. The van der Waals surface area contributed by atoms with Gasteiger partial charge in [0.25, 0.3) is 0 Å². The van der Waals surface area contributed by atoms with Crippen molar-refractivity contribution in [3.05, 3.63) is 18.2 Å². The average Bonchev–Trinajstić information content (AvgIpc) is 2.77. The molecule has 0 aliphatic heterocycles. The van der Waals surface area contributed by atoms with E-state index in [-0.39, 0.29) is 5.91 Å². The van der Waals surface area contributed by atoms with Gasteiger partial charge < -0.3 is 10.1 Å². The summed E-state index contributed by atoms with van der Waals surface area (Å²) in [4.78, 5) is 15.9. The van der Waals surface area contributed by atoms with Crippen molar-refractivity contribution in [3.63, 3.8) is 0 Å². The van der Waals surface area contributed by atoms with Crippen LogP contribution in [0.4, 0.5) is 5.13 Å². The number of thiazole rings is 1. The second kappa shape index (κ2) is 6.06. The van der Waals surface area contributed by atoms with Gasteiger partial charge in [-0.05, 0) is 24.5 Å². The van der Waals surface area contributed by atoms with Gasteiger partial charge in [-0.15, -0.1) is 0 Å². The Bertz CT molecular complexity index is 554. The van der Waals surface area contributed by atoms with E-state index in [1.165, 1.54) is 11.3 Å². The number of rotatable bonds is 5. The number of benzene rings is 1. The number of fused-ring (bicyclic) bond motifs is 1. The van der Waals surface area contributed by atoms with Crippen molar-refractivity contribution < 1.29 is 9.53 Å². The number of thioether (sulfide) groups is 1. The normalized spacial score (nSPS) is 10.6. The first kappa shape index (κ1) is 13.2. The molecular weight excluding hydrogens is 268 g/mol. The summed E-state index contributed by atoms with van der Waals surface area (Å²) in [5.74, 6) is 1.63. The van der Waals surface area contributed by atoms with Crippen LogP contribution in [0.1, 0.15) is 6.42 Å². The number of carbonyl (C=O) groups is 1. The van der Waals surface area contributed by atoms with Crippen molar-refractivity contribution in [2.75, 3.05) is 24.4 Å². The minimum Gasteiger partial charge on any atom is -0.497 e. The standard InChI is InChI=1S/C12H14N2O2S2/c1-16-8-3-4-9-10(7-8)18-12(13-9)14-11(15)5-6-17-2/h3-4,7H,5-6H2,1-2H3,(H,13,14,15). The number of carbonyl (C=O) groups excluding carboxylic acids is 1. The first-order chi connectivity index (χ1) is 8.72. The molecule has 1 heterocycles. The molecule has 1 amide bonds. The third-order valence-electron chi connectivity index (χ3n) is 2.38. The summed E-state index contributed by atoms with van der Waals surface area (Å²) in [6, 6.07) is 5.67. The van der Waals surface area contributed by atoms with E-state index >= 15 is 0 Å². The molecule has 0 aliphatic rings. The van der Waals surface area contributed by atoms with E-state index in [1.54, 1.807) is 18.9 Å². The molecule has 0 radical (unpaired) electrons. The van der Waals surface area contributed by atoms with E-state index in [1.807, 2.05) is 24.5 Å². The molecule has 2 aromatic rings. The van der Waals surface area contributed by atoms with E-state index in [0.717, 1.165) is 21.7 Å². The van der Waals surface area contributed by atoms with E-state index in [0.29, 0.717) is 11.6 Å². The van der Waals surface area contributed by atoms with Gasteiger partial charge in [0.05, 0.1) is 17.3 Å². The molecule has 0 unspecified atom stereocenters. The molecule has 6 heteroatoms. The van der Waals surface area contributed by atoms with E-state index in [4.69, 9.17) is 4.74 Å². The predicted molar refractivity (Wildman–Crippen MR) is 77.8 cm³/mol. The molecule has 0 saturated heterocycles. The molecular formula is C12H14N2O2S2. The Kier molecular flexibility index (Phi) is 4.43. The number of amides is 1. The van der Waals surface area contributed by atoms with Crippen molar-refractivity contribution >= 4 is 44.4 Å². The largest absolute Gasteiger partial charge is 0.497 e. The monoisotopic (exact) mass is 282 g/mol. The second-order valence-corrected chi connectivity index (χ2v) is 5.66. The summed E-state index contributed by atoms with van der Waals surface area (Å²) < 4.78 is 6.16. The highest BCUT2D eigenvalue weighted by molar-refractivity contribution is 7.98. The summed E-state index contributed by atoms with van der Waals surface area (Å²) in [5, 5.41) is 3.46. The smallest absolute Gasteiger partial charge is 0.226 e. The molecule has 0 spiro atoms. The molecule has 0 aliphatic carbocycles. The summed E-state index contributed by atoms with van der Waals surface area (Å²) in [5.41, 5.74) is 0.876. The number of nitrogens with zero attached hydrogens (tertiary/aromatic N) is 1. The molecule has 0 fully saturated rings. The first-order valence-electron chi connectivity index (χ1n) is 5.46. The summed E-state index contributed by atoms with van der Waals surface area (Å²) >= 11 is 3.11. The van der Waals surface area contributed by atoms with Gasteiger partial charge in [-0.25, -0.2) is 4.98 Å². The van der Waals surface area contributed by atoms with Crippen LogP contribution in [0.25, 0.3) is 10.2 Å². The minimum absolute atomic E-state index is 0.00960. The minimum atomic E-state index is 0.00960. The van der Waals surface area contributed by atoms with Crippen LogP contribution in [0.15, 0.2) is 18.2 Å². The molecule has 1 aromatic heterocycles. The Morgan fingerprint density at radius 2 is 2.39 bits per heavy atom. The van der Waals surface area contributed by atoms with E-state index < -0.39 is 0 Å². The maximum Gasteiger partial charge on any atom is 0.226 e. The first-order valence-corrected chi connectivity index (χ1v) is 7.67. The van der Waals surface area contributed by atoms with Crippen LogP contribution in [0.2, 0.25) is 0 Å². The molecule has 0 bridgehead atoms. The Hall–Kier alpha value is -1.27. The Labute approximate surface area is 114 Å². The fraction of sp³-hybridized carbons (Fsp3) is 0.333. The fourth-order valence-electron chi connectivity index (χ4n) is 1.46. The van der Waals surface area contributed by atoms with Crippen molar-refractivity contribution in [3.8, 4) is 5.75 Å². The quantitative estimate of drug-likeness (QED) is 0.916. The SMILES string of the molecule is COc1ccc2nc(NC(=O)CCSC)sc2c1. The Morgan fingerprint density at radius 1 is 1.56 bits per heavy atom. The lowest BCUT2D eigenvalue weighted by Gasteiger charge is -1.98. The van der Waals surface area contributed by atoms with Crippen LogP contribution in [0.3, 0.4) is 0 Å². The third-order valence-corrected chi connectivity index (χ3v) is 3.92. The highest BCUT2D eigenvalue weighted by atomic mass is 32.2. The summed E-state index contributed by atoms with van der Waals surface area (Å²) in [6.07, 6.45) is 2.50. The topological polar surface area (TPSA) is 51.2 Å². The maximum absolute atomic E-state index is 11.6. The van der Waals surface area contributed by atoms with E-state index in [9.17, 15) is 4.79 Å². The van der Waals surface area contributed by atoms with Crippen LogP contribution in [-0.4, -0.2) is 30.0 Å². The number of anilines is 1. The summed E-state index contributed by atoms with van der Waals surface area (Å²) in [7, 11) is 1.63. The van der Waals surface area contributed by atoms with Gasteiger partial charge in [-0.2, -0.15) is 11.8 Å². The zero-order chi connectivity index (χ0) is 13.0. The lowest BCUT2D eigenvalue weighted by molar-refractivity contribution is -0.115. The Balaban J connectivity index is 2.12. The third kappa shape index (κ3) is 3.14. The zero-order valence-corrected chi connectivity index (χ0v) is 11.9. The molecule has 18 heavy (non-hydrogen) atoms. The van der Waals surface area contributed by atoms with Gasteiger partial charge in [0.15, 0.2) is 5.13 Å². The molecule has 0 saturated carbocycles. The van der Waals surface area contributed by atoms with Gasteiger partial charge in [-0.1, -0.05) is 11.3 Å². The molecule has 4 nitrogen and oxygen atoms in total. The average molecular weight is 282 g/mol. The number of hydrogen-bond donors (Lipinski definition) is 1. The number of aromatic nitrogens is 1. The molecule has 0 atom stereocenters. The van der Waals surface area contributed by atoms with Gasteiger partial charge in [0.2, 0.25) is 5.91 Å². The highest BCUT2D eigenvalue weighted by Crippen LogP contribution is 2.29. The van der Waals surface area contributed by atoms with Crippen molar-refractivity contribution in [1.29, 1.82) is 0 Å². The van der Waals surface area contributed by atoms with Crippen LogP contribution in [0, 0.1) is 0 Å².